The van der Waals surface area contributed by atoms with Crippen LogP contribution >= 0.6 is 0 Å². The van der Waals surface area contributed by atoms with E-state index in [-0.39, 0.29) is 6.54 Å². The van der Waals surface area contributed by atoms with Crippen LogP contribution in [-0.2, 0) is 0 Å². The molecule has 0 aromatic heterocycles. The van der Waals surface area contributed by atoms with Gasteiger partial charge in [0, 0.05) is 6.54 Å². The number of aliphatic hydroxyl groups is 1. The van der Waals surface area contributed by atoms with E-state index >= 15 is 0 Å². The van der Waals surface area contributed by atoms with E-state index in [2.05, 4.69) is 26.0 Å². The van der Waals surface area contributed by atoms with Crippen molar-refractivity contribution in [1.82, 2.24) is 0 Å². The second kappa shape index (κ2) is 5.41. The minimum absolute atomic E-state index is 0.288. The minimum Gasteiger partial charge on any atom is -0.387 e. The molecule has 0 radical (unpaired) electrons. The monoisotopic (exact) mass is 247 g/mol. The highest BCUT2D eigenvalue weighted by Gasteiger charge is 2.28. The molecule has 1 saturated carbocycles. The lowest BCUT2D eigenvalue weighted by atomic mass is 9.70. The van der Waals surface area contributed by atoms with Gasteiger partial charge in [0.1, 0.15) is 0 Å². The van der Waals surface area contributed by atoms with E-state index < -0.39 is 6.10 Å². The van der Waals surface area contributed by atoms with Gasteiger partial charge in [-0.25, -0.2) is 0 Å². The van der Waals surface area contributed by atoms with Gasteiger partial charge < -0.3 is 10.8 Å². The summed E-state index contributed by atoms with van der Waals surface area (Å²) in [7, 11) is 0. The SMILES string of the molecule is CC1(C)CCCC(c2ccc(C(O)CN)cc2)C1. The summed E-state index contributed by atoms with van der Waals surface area (Å²) in [4.78, 5) is 0. The molecular weight excluding hydrogens is 222 g/mol. The van der Waals surface area contributed by atoms with Crippen molar-refractivity contribution in [2.24, 2.45) is 11.1 Å². The molecule has 1 aromatic carbocycles. The first-order valence-corrected chi connectivity index (χ1v) is 7.00. The van der Waals surface area contributed by atoms with E-state index in [9.17, 15) is 5.11 Å². The van der Waals surface area contributed by atoms with Crippen LogP contribution in [0.5, 0.6) is 0 Å². The van der Waals surface area contributed by atoms with Crippen LogP contribution in [-0.4, -0.2) is 11.7 Å². The Morgan fingerprint density at radius 3 is 2.56 bits per heavy atom. The molecule has 2 atom stereocenters. The molecule has 18 heavy (non-hydrogen) atoms. The van der Waals surface area contributed by atoms with Crippen LogP contribution in [0.2, 0.25) is 0 Å². The zero-order chi connectivity index (χ0) is 13.2. The number of hydrogen-bond acceptors (Lipinski definition) is 2. The fourth-order valence-corrected chi connectivity index (χ4v) is 3.11. The van der Waals surface area contributed by atoms with Crippen molar-refractivity contribution in [2.75, 3.05) is 6.54 Å². The van der Waals surface area contributed by atoms with Crippen molar-refractivity contribution in [2.45, 2.75) is 51.6 Å². The summed E-state index contributed by atoms with van der Waals surface area (Å²) in [6.45, 7) is 5.02. The predicted molar refractivity (Wildman–Crippen MR) is 75.4 cm³/mol. The Hall–Kier alpha value is -0.860. The summed E-state index contributed by atoms with van der Waals surface area (Å²) < 4.78 is 0. The van der Waals surface area contributed by atoms with Gasteiger partial charge in [-0.15, -0.1) is 0 Å². The molecule has 100 valence electrons. The lowest BCUT2D eigenvalue weighted by Crippen LogP contribution is -2.21. The van der Waals surface area contributed by atoms with Gasteiger partial charge >= 0.3 is 0 Å². The molecule has 2 nitrogen and oxygen atoms in total. The molecule has 2 heteroatoms. The Morgan fingerprint density at radius 1 is 1.33 bits per heavy atom. The second-order valence-corrected chi connectivity index (χ2v) is 6.38. The van der Waals surface area contributed by atoms with Gasteiger partial charge in [0.25, 0.3) is 0 Å². The standard InChI is InChI=1S/C16H25NO/c1-16(2)9-3-4-14(10-16)12-5-7-13(8-6-12)15(18)11-17/h5-8,14-15,18H,3-4,9-11,17H2,1-2H3. The molecule has 0 bridgehead atoms. The molecule has 1 fully saturated rings. The van der Waals surface area contributed by atoms with Gasteiger partial charge in [0.2, 0.25) is 0 Å². The van der Waals surface area contributed by atoms with E-state index in [4.69, 9.17) is 5.73 Å². The molecule has 2 unspecified atom stereocenters. The van der Waals surface area contributed by atoms with E-state index in [0.29, 0.717) is 11.3 Å². The average molecular weight is 247 g/mol. The van der Waals surface area contributed by atoms with Crippen LogP contribution in [0, 0.1) is 5.41 Å². The van der Waals surface area contributed by atoms with Crippen LogP contribution < -0.4 is 5.73 Å². The van der Waals surface area contributed by atoms with Crippen molar-refractivity contribution >= 4 is 0 Å². The molecule has 1 aliphatic carbocycles. The molecule has 0 amide bonds. The Kier molecular flexibility index (Phi) is 4.08. The van der Waals surface area contributed by atoms with Crippen molar-refractivity contribution in [1.29, 1.82) is 0 Å². The van der Waals surface area contributed by atoms with Crippen LogP contribution in [0.25, 0.3) is 0 Å². The van der Waals surface area contributed by atoms with E-state index in [1.165, 1.54) is 31.2 Å². The van der Waals surface area contributed by atoms with Crippen molar-refractivity contribution in [3.05, 3.63) is 35.4 Å². The molecular formula is C16H25NO. The third-order valence-corrected chi connectivity index (χ3v) is 4.22. The molecule has 0 saturated heterocycles. The first-order chi connectivity index (χ1) is 8.52. The maximum atomic E-state index is 9.69. The summed E-state index contributed by atoms with van der Waals surface area (Å²) in [6.07, 6.45) is 4.70. The average Bonchev–Trinajstić information content (AvgIpc) is 2.37. The predicted octanol–water partition coefficient (Wildman–Crippen LogP) is 3.36. The Morgan fingerprint density at radius 2 is 2.00 bits per heavy atom. The summed E-state index contributed by atoms with van der Waals surface area (Å²) >= 11 is 0. The van der Waals surface area contributed by atoms with Crippen LogP contribution in [0.1, 0.15) is 62.7 Å². The second-order valence-electron chi connectivity index (χ2n) is 6.38. The van der Waals surface area contributed by atoms with Crippen molar-refractivity contribution in [3.63, 3.8) is 0 Å². The summed E-state index contributed by atoms with van der Waals surface area (Å²) in [6, 6.07) is 8.38. The fourth-order valence-electron chi connectivity index (χ4n) is 3.11. The lowest BCUT2D eigenvalue weighted by Gasteiger charge is -2.35. The molecule has 3 N–H and O–H groups in total. The first-order valence-electron chi connectivity index (χ1n) is 7.00. The summed E-state index contributed by atoms with van der Waals surface area (Å²) in [5.74, 6) is 0.679. The van der Waals surface area contributed by atoms with E-state index in [0.717, 1.165) is 5.56 Å². The van der Waals surface area contributed by atoms with Crippen LogP contribution in [0.3, 0.4) is 0 Å². The van der Waals surface area contributed by atoms with Crippen LogP contribution in [0.4, 0.5) is 0 Å². The summed E-state index contributed by atoms with van der Waals surface area (Å²) in [5.41, 5.74) is 8.28. The van der Waals surface area contributed by atoms with Gasteiger partial charge in [-0.05, 0) is 41.7 Å². The number of benzene rings is 1. The number of nitrogens with two attached hydrogens (primary N) is 1. The van der Waals surface area contributed by atoms with E-state index in [1.807, 2.05) is 12.1 Å². The Bertz CT molecular complexity index is 383. The number of aliphatic hydroxyl groups excluding tert-OH is 1. The largest absolute Gasteiger partial charge is 0.387 e. The molecule has 1 aromatic rings. The minimum atomic E-state index is -0.526. The molecule has 0 heterocycles. The van der Waals surface area contributed by atoms with Gasteiger partial charge in [-0.1, -0.05) is 44.5 Å². The zero-order valence-corrected chi connectivity index (χ0v) is 11.5. The van der Waals surface area contributed by atoms with Gasteiger partial charge in [0.05, 0.1) is 6.10 Å². The zero-order valence-electron chi connectivity index (χ0n) is 11.5. The summed E-state index contributed by atoms with van der Waals surface area (Å²) in [5, 5.41) is 9.69. The first kappa shape index (κ1) is 13.6. The molecule has 0 aliphatic heterocycles. The smallest absolute Gasteiger partial charge is 0.0912 e. The number of rotatable bonds is 3. The van der Waals surface area contributed by atoms with Gasteiger partial charge in [0.15, 0.2) is 0 Å². The third kappa shape index (κ3) is 3.12. The van der Waals surface area contributed by atoms with Crippen molar-refractivity contribution in [3.8, 4) is 0 Å². The van der Waals surface area contributed by atoms with Crippen molar-refractivity contribution < 1.29 is 5.11 Å². The third-order valence-electron chi connectivity index (χ3n) is 4.22. The van der Waals surface area contributed by atoms with Gasteiger partial charge in [-0.2, -0.15) is 0 Å². The molecule has 2 rings (SSSR count). The lowest BCUT2D eigenvalue weighted by molar-refractivity contribution is 0.186. The van der Waals surface area contributed by atoms with Gasteiger partial charge in [-0.3, -0.25) is 0 Å². The Labute approximate surface area is 110 Å². The molecule has 1 aliphatic rings. The maximum absolute atomic E-state index is 9.69. The fraction of sp³-hybridized carbons (Fsp3) is 0.625. The highest BCUT2D eigenvalue weighted by Crippen LogP contribution is 2.43. The van der Waals surface area contributed by atoms with E-state index in [1.54, 1.807) is 0 Å². The Balaban J connectivity index is 2.09. The highest BCUT2D eigenvalue weighted by molar-refractivity contribution is 5.27. The normalized spacial score (nSPS) is 24.8. The van der Waals surface area contributed by atoms with Crippen LogP contribution in [0.15, 0.2) is 24.3 Å². The maximum Gasteiger partial charge on any atom is 0.0912 e. The molecule has 0 spiro atoms. The topological polar surface area (TPSA) is 46.2 Å². The number of hydrogen-bond donors (Lipinski definition) is 2. The quantitative estimate of drug-likeness (QED) is 0.860. The highest BCUT2D eigenvalue weighted by atomic mass is 16.3.